The lowest BCUT2D eigenvalue weighted by atomic mass is 9.49. The molecule has 3 aliphatic carbocycles. The second-order valence-electron chi connectivity index (χ2n) is 12.5. The average Bonchev–Trinajstić information content (AvgIpc) is 2.79. The van der Waals surface area contributed by atoms with Gasteiger partial charge in [0.1, 0.15) is 5.75 Å². The van der Waals surface area contributed by atoms with Crippen LogP contribution < -0.4 is 5.73 Å². The van der Waals surface area contributed by atoms with Gasteiger partial charge in [0.15, 0.2) is 34.7 Å². The normalized spacial score (nSPS) is 34.5. The number of aliphatic hydroxyl groups excluding tert-OH is 1. The number of aromatic hydroxyl groups is 1. The molecule has 0 spiro atoms. The summed E-state index contributed by atoms with van der Waals surface area (Å²) in [5.74, 6) is -13.4. The summed E-state index contributed by atoms with van der Waals surface area (Å²) >= 11 is 0. The highest BCUT2D eigenvalue weighted by atomic mass is 16.3. The number of allylic oxidation sites excluding steroid dienone is 1. The molecular weight excluding hydrogens is 504 g/mol. The van der Waals surface area contributed by atoms with Gasteiger partial charge in [0.25, 0.3) is 0 Å². The molecule has 2 saturated carbocycles. The molecule has 0 saturated heterocycles. The van der Waals surface area contributed by atoms with Gasteiger partial charge >= 0.3 is 0 Å². The molecule has 39 heavy (non-hydrogen) atoms. The van der Waals surface area contributed by atoms with Crippen LogP contribution in [0.2, 0.25) is 0 Å². The van der Waals surface area contributed by atoms with E-state index in [2.05, 4.69) is 6.58 Å². The largest absolute Gasteiger partial charge is 0.507 e. The van der Waals surface area contributed by atoms with Crippen molar-refractivity contribution in [2.75, 3.05) is 14.1 Å². The summed E-state index contributed by atoms with van der Waals surface area (Å²) in [5.41, 5.74) is 3.63. The summed E-state index contributed by atoms with van der Waals surface area (Å²) < 4.78 is 0. The number of phenols is 1. The molecule has 0 heterocycles. The van der Waals surface area contributed by atoms with Crippen molar-refractivity contribution in [3.8, 4) is 5.75 Å². The lowest BCUT2D eigenvalue weighted by Crippen LogP contribution is -2.77. The van der Waals surface area contributed by atoms with E-state index in [0.29, 0.717) is 22.3 Å². The molecule has 0 aromatic heterocycles. The zero-order valence-electron chi connectivity index (χ0n) is 23.2. The molecule has 8 atom stereocenters. The molecule has 10 heteroatoms. The van der Waals surface area contributed by atoms with Crippen molar-refractivity contribution in [1.82, 2.24) is 4.90 Å². The Kier molecular flexibility index (Phi) is 6.57. The number of carbonyl (C=O) groups excluding carboxylic acids is 5. The highest BCUT2D eigenvalue weighted by Gasteiger charge is 2.73. The van der Waals surface area contributed by atoms with Crippen LogP contribution in [0, 0.1) is 23.7 Å². The van der Waals surface area contributed by atoms with Gasteiger partial charge < -0.3 is 21.1 Å². The molecule has 210 valence electrons. The van der Waals surface area contributed by atoms with Gasteiger partial charge in [-0.3, -0.25) is 28.9 Å². The number of hydrogen-bond donors (Lipinski definition) is 4. The van der Waals surface area contributed by atoms with Crippen molar-refractivity contribution in [2.24, 2.45) is 29.4 Å². The van der Waals surface area contributed by atoms with E-state index in [-0.39, 0.29) is 11.3 Å². The number of phenolic OH excluding ortho intramolecular Hbond substituents is 1. The fourth-order valence-electron chi connectivity index (χ4n) is 7.06. The number of fused-ring (bicyclic) bond motifs is 3. The number of ketones is 4. The lowest BCUT2D eigenvalue weighted by Gasteiger charge is -2.56. The Morgan fingerprint density at radius 3 is 2.15 bits per heavy atom. The Morgan fingerprint density at radius 2 is 1.69 bits per heavy atom. The number of Topliss-reactive ketones (excluding diaryl/α,β-unsaturated/α-hetero) is 4. The monoisotopic (exact) mass is 540 g/mol. The number of nitrogens with two attached hydrogens (primary N) is 1. The highest BCUT2D eigenvalue weighted by molar-refractivity contribution is 6.32. The molecule has 0 bridgehead atoms. The van der Waals surface area contributed by atoms with E-state index >= 15 is 0 Å². The van der Waals surface area contributed by atoms with Crippen molar-refractivity contribution in [2.45, 2.75) is 63.7 Å². The summed E-state index contributed by atoms with van der Waals surface area (Å²) in [6.07, 6.45) is -1.68. The van der Waals surface area contributed by atoms with E-state index < -0.39 is 81.8 Å². The van der Waals surface area contributed by atoms with Crippen LogP contribution in [0.4, 0.5) is 0 Å². The van der Waals surface area contributed by atoms with Crippen molar-refractivity contribution < 1.29 is 39.3 Å². The molecule has 1 aromatic rings. The van der Waals surface area contributed by atoms with Crippen molar-refractivity contribution in [3.63, 3.8) is 0 Å². The Labute approximate surface area is 226 Å². The minimum Gasteiger partial charge on any atom is -0.507 e. The topological polar surface area (TPSA) is 175 Å². The van der Waals surface area contributed by atoms with Gasteiger partial charge in [0.2, 0.25) is 5.91 Å². The maximum absolute atomic E-state index is 14.1. The van der Waals surface area contributed by atoms with Crippen molar-refractivity contribution in [1.29, 1.82) is 0 Å². The SMILES string of the molecule is C=C(C)c1cc(C(C)(C)C)c(O)c2c1[C@H](C)[C@@H]1C(C2=O)C(=O)[C@]2(O)C(=O)C(C(N)=O)C(=O)C(N(C)C)[C@@H]2[C@H]1O. The predicted octanol–water partition coefficient (Wildman–Crippen LogP) is 0.729. The van der Waals surface area contributed by atoms with E-state index in [1.54, 1.807) is 19.9 Å². The Bertz CT molecular complexity index is 1360. The Hall–Kier alpha value is -3.21. The van der Waals surface area contributed by atoms with Crippen LogP contribution in [0.3, 0.4) is 0 Å². The van der Waals surface area contributed by atoms with E-state index in [1.165, 1.54) is 19.0 Å². The first-order chi connectivity index (χ1) is 17.8. The summed E-state index contributed by atoms with van der Waals surface area (Å²) in [7, 11) is 2.91. The van der Waals surface area contributed by atoms with Crippen LogP contribution >= 0.6 is 0 Å². The summed E-state index contributed by atoms with van der Waals surface area (Å²) in [6.45, 7) is 13.0. The van der Waals surface area contributed by atoms with Gasteiger partial charge in [-0.05, 0) is 49.5 Å². The molecule has 2 fully saturated rings. The van der Waals surface area contributed by atoms with Crippen LogP contribution in [-0.4, -0.2) is 81.1 Å². The maximum Gasteiger partial charge on any atom is 0.235 e. The Balaban J connectivity index is 2.04. The standard InChI is InChI=1S/C29H36N2O8/c1-10(2)12-9-13(28(4,5)6)21(32)16-14(12)11(3)15-17(22(16)33)25(36)29(39)19(23(15)34)20(31(7)8)24(35)18(26(29)37)27(30)38/h9,11,15,17-20,23,32,34,39H,1H2,2-8H3,(H2,30,38)/t11-,15+,17?,18?,19+,20?,23-,29-/m0/s1. The van der Waals surface area contributed by atoms with E-state index in [1.807, 2.05) is 20.8 Å². The van der Waals surface area contributed by atoms with Crippen LogP contribution in [0.15, 0.2) is 12.6 Å². The molecule has 3 aliphatic rings. The van der Waals surface area contributed by atoms with E-state index in [0.717, 1.165) is 0 Å². The van der Waals surface area contributed by atoms with Gasteiger partial charge in [-0.15, -0.1) is 0 Å². The third-order valence-corrected chi connectivity index (χ3v) is 8.85. The maximum atomic E-state index is 14.1. The van der Waals surface area contributed by atoms with Crippen LogP contribution in [0.25, 0.3) is 5.57 Å². The number of aliphatic hydroxyl groups is 2. The quantitative estimate of drug-likeness (QED) is 0.403. The number of benzene rings is 1. The van der Waals surface area contributed by atoms with Gasteiger partial charge in [-0.2, -0.15) is 0 Å². The molecule has 4 rings (SSSR count). The molecule has 0 aliphatic heterocycles. The molecule has 5 N–H and O–H groups in total. The Morgan fingerprint density at radius 1 is 1.13 bits per heavy atom. The summed E-state index contributed by atoms with van der Waals surface area (Å²) in [4.78, 5) is 68.5. The number of primary amides is 1. The first-order valence-corrected chi connectivity index (χ1v) is 12.9. The van der Waals surface area contributed by atoms with Crippen molar-refractivity contribution in [3.05, 3.63) is 34.9 Å². The fraction of sp³-hybridized carbons (Fsp3) is 0.552. The fourth-order valence-corrected chi connectivity index (χ4v) is 7.06. The summed E-state index contributed by atoms with van der Waals surface area (Å²) in [6, 6.07) is 0.341. The predicted molar refractivity (Wildman–Crippen MR) is 141 cm³/mol. The third-order valence-electron chi connectivity index (χ3n) is 8.85. The molecule has 3 unspecified atom stereocenters. The number of nitrogens with zero attached hydrogens (tertiary/aromatic N) is 1. The highest BCUT2D eigenvalue weighted by Crippen LogP contribution is 2.56. The van der Waals surface area contributed by atoms with E-state index in [4.69, 9.17) is 5.73 Å². The van der Waals surface area contributed by atoms with E-state index in [9.17, 15) is 39.3 Å². The minimum absolute atomic E-state index is 0.119. The molecule has 10 nitrogen and oxygen atoms in total. The number of rotatable bonds is 3. The smallest absolute Gasteiger partial charge is 0.235 e. The van der Waals surface area contributed by atoms with Crippen LogP contribution in [-0.2, 0) is 24.6 Å². The minimum atomic E-state index is -3.02. The molecule has 0 radical (unpaired) electrons. The lowest BCUT2D eigenvalue weighted by molar-refractivity contribution is -0.196. The van der Waals surface area contributed by atoms with Gasteiger partial charge in [-0.25, -0.2) is 0 Å². The zero-order valence-corrected chi connectivity index (χ0v) is 23.2. The molecule has 1 aromatic carbocycles. The number of carbonyl (C=O) groups is 5. The first kappa shape index (κ1) is 28.8. The second-order valence-corrected chi connectivity index (χ2v) is 12.5. The van der Waals surface area contributed by atoms with Gasteiger partial charge in [0, 0.05) is 11.5 Å². The average molecular weight is 541 g/mol. The van der Waals surface area contributed by atoms with Crippen LogP contribution in [0.5, 0.6) is 5.75 Å². The van der Waals surface area contributed by atoms with Crippen molar-refractivity contribution >= 4 is 34.6 Å². The number of hydrogen-bond acceptors (Lipinski definition) is 9. The first-order valence-electron chi connectivity index (χ1n) is 12.9. The number of amides is 1. The number of likely N-dealkylation sites (N-methyl/N-ethyl adjacent to an activating group) is 1. The molecular formula is C29H36N2O8. The molecule has 1 amide bonds. The zero-order chi connectivity index (χ0) is 29.7. The third kappa shape index (κ3) is 3.68. The van der Waals surface area contributed by atoms with Crippen LogP contribution in [0.1, 0.15) is 67.6 Å². The van der Waals surface area contributed by atoms with Gasteiger partial charge in [0.05, 0.1) is 29.5 Å². The van der Waals surface area contributed by atoms with Gasteiger partial charge in [-0.1, -0.05) is 39.8 Å². The summed E-state index contributed by atoms with van der Waals surface area (Å²) in [5, 5.41) is 34.9. The second kappa shape index (κ2) is 8.90.